The van der Waals surface area contributed by atoms with Crippen molar-refractivity contribution in [2.45, 2.75) is 30.6 Å². The number of rotatable bonds is 5. The van der Waals surface area contributed by atoms with Gasteiger partial charge in [0.05, 0.1) is 0 Å². The Morgan fingerprint density at radius 1 is 1.56 bits per heavy atom. The van der Waals surface area contributed by atoms with Gasteiger partial charge in [0.15, 0.2) is 0 Å². The van der Waals surface area contributed by atoms with Gasteiger partial charge < -0.3 is 5.32 Å². The molecule has 0 saturated heterocycles. The minimum absolute atomic E-state index is 0.495. The van der Waals surface area contributed by atoms with E-state index < -0.39 is 0 Å². The molecule has 1 aliphatic carbocycles. The van der Waals surface area contributed by atoms with E-state index >= 15 is 0 Å². The van der Waals surface area contributed by atoms with Crippen LogP contribution in [0.25, 0.3) is 0 Å². The lowest BCUT2D eigenvalue weighted by atomic mass is 9.84. The summed E-state index contributed by atoms with van der Waals surface area (Å²) in [6.07, 6.45) is 6.27. The zero-order valence-electron chi connectivity index (χ0n) is 9.45. The predicted octanol–water partition coefficient (Wildman–Crippen LogP) is 3.00. The van der Waals surface area contributed by atoms with Gasteiger partial charge in [0, 0.05) is 22.7 Å². The Hall–Kier alpha value is -0.500. The van der Waals surface area contributed by atoms with E-state index in [-0.39, 0.29) is 0 Å². The van der Waals surface area contributed by atoms with E-state index in [1.165, 1.54) is 24.1 Å². The van der Waals surface area contributed by atoms with Gasteiger partial charge in [0.2, 0.25) is 0 Å². The molecule has 1 N–H and O–H groups in total. The largest absolute Gasteiger partial charge is 0.310 e. The van der Waals surface area contributed by atoms with Gasteiger partial charge in [0.25, 0.3) is 0 Å². The third-order valence-corrected chi connectivity index (χ3v) is 5.62. The highest BCUT2D eigenvalue weighted by molar-refractivity contribution is 8.00. The average molecular weight is 252 g/mol. The second-order valence-electron chi connectivity index (χ2n) is 4.22. The second-order valence-corrected chi connectivity index (χ2v) is 6.66. The second kappa shape index (κ2) is 5.22. The van der Waals surface area contributed by atoms with E-state index in [9.17, 15) is 0 Å². The van der Waals surface area contributed by atoms with Gasteiger partial charge in [-0.2, -0.15) is 17.0 Å². The molecule has 0 radical (unpaired) electrons. The van der Waals surface area contributed by atoms with Crippen molar-refractivity contribution >= 4 is 23.1 Å². The molecule has 0 aromatic carbocycles. The third-order valence-electron chi connectivity index (χ3n) is 3.22. The summed E-state index contributed by atoms with van der Waals surface area (Å²) in [6, 6.07) is 6.12. The Kier molecular flexibility index (Phi) is 3.91. The van der Waals surface area contributed by atoms with Gasteiger partial charge in [-0.05, 0) is 31.2 Å². The molecule has 1 saturated carbocycles. The van der Waals surface area contributed by atoms with Crippen molar-refractivity contribution in [3.63, 3.8) is 0 Å². The van der Waals surface area contributed by atoms with Crippen LogP contribution in [-0.2, 0) is 6.54 Å². The fraction of sp³-hybridized carbons (Fsp3) is 0.583. The van der Waals surface area contributed by atoms with Crippen molar-refractivity contribution in [1.82, 2.24) is 5.32 Å². The van der Waals surface area contributed by atoms with Crippen molar-refractivity contribution in [1.29, 1.82) is 5.26 Å². The van der Waals surface area contributed by atoms with Crippen molar-refractivity contribution in [2.24, 2.45) is 0 Å². The predicted molar refractivity (Wildman–Crippen MR) is 70.8 cm³/mol. The number of nitrogens with zero attached hydrogens (tertiary/aromatic N) is 1. The number of hydrogen-bond donors (Lipinski definition) is 1. The summed E-state index contributed by atoms with van der Waals surface area (Å²) < 4.78 is 0.495. The van der Waals surface area contributed by atoms with Gasteiger partial charge in [0.1, 0.15) is 10.9 Å². The number of thiophene rings is 1. The zero-order chi connectivity index (χ0) is 11.4. The number of nitrogens with one attached hydrogen (secondary N) is 1. The van der Waals surface area contributed by atoms with Crippen LogP contribution in [0.2, 0.25) is 0 Å². The normalized spacial score (nSPS) is 17.8. The third kappa shape index (κ3) is 2.60. The molecule has 0 amide bonds. The van der Waals surface area contributed by atoms with Crippen molar-refractivity contribution in [3.05, 3.63) is 21.9 Å². The molecule has 1 heterocycles. The lowest BCUT2D eigenvalue weighted by molar-refractivity contribution is 0.346. The first-order valence-electron chi connectivity index (χ1n) is 5.53. The first-order valence-corrected chi connectivity index (χ1v) is 7.57. The highest BCUT2D eigenvalue weighted by Crippen LogP contribution is 2.42. The van der Waals surface area contributed by atoms with E-state index in [1.54, 1.807) is 11.3 Å². The van der Waals surface area contributed by atoms with E-state index in [2.05, 4.69) is 17.6 Å². The fourth-order valence-electron chi connectivity index (χ4n) is 1.97. The van der Waals surface area contributed by atoms with E-state index in [0.29, 0.717) is 4.75 Å². The van der Waals surface area contributed by atoms with Crippen LogP contribution in [0.1, 0.15) is 29.0 Å². The van der Waals surface area contributed by atoms with E-state index in [1.807, 2.05) is 23.9 Å². The quantitative estimate of drug-likeness (QED) is 0.875. The van der Waals surface area contributed by atoms with Crippen LogP contribution >= 0.6 is 23.1 Å². The van der Waals surface area contributed by atoms with Crippen LogP contribution in [0.4, 0.5) is 0 Å². The Balaban J connectivity index is 1.77. The van der Waals surface area contributed by atoms with Gasteiger partial charge in [-0.1, -0.05) is 6.42 Å². The minimum atomic E-state index is 0.495. The Morgan fingerprint density at radius 3 is 2.88 bits per heavy atom. The smallest absolute Gasteiger partial charge is 0.110 e. The molecular formula is C12H16N2S2. The Labute approximate surface area is 105 Å². The van der Waals surface area contributed by atoms with Gasteiger partial charge >= 0.3 is 0 Å². The molecule has 0 atom stereocenters. The zero-order valence-corrected chi connectivity index (χ0v) is 11.1. The van der Waals surface area contributed by atoms with Crippen LogP contribution in [-0.4, -0.2) is 17.5 Å². The van der Waals surface area contributed by atoms with Crippen LogP contribution in [0.3, 0.4) is 0 Å². The minimum Gasteiger partial charge on any atom is -0.310 e. The highest BCUT2D eigenvalue weighted by atomic mass is 32.2. The molecule has 2 rings (SSSR count). The van der Waals surface area contributed by atoms with E-state index in [4.69, 9.17) is 5.26 Å². The topological polar surface area (TPSA) is 35.8 Å². The Morgan fingerprint density at radius 2 is 2.38 bits per heavy atom. The van der Waals surface area contributed by atoms with Crippen molar-refractivity contribution in [2.75, 3.05) is 12.8 Å². The first kappa shape index (κ1) is 12.0. The summed E-state index contributed by atoms with van der Waals surface area (Å²) in [6.45, 7) is 1.99. The monoisotopic (exact) mass is 252 g/mol. The maximum Gasteiger partial charge on any atom is 0.110 e. The molecular weight excluding hydrogens is 236 g/mol. The average Bonchev–Trinajstić information content (AvgIpc) is 2.70. The molecule has 2 nitrogen and oxygen atoms in total. The molecule has 0 spiro atoms. The molecule has 1 aromatic rings. The molecule has 1 aromatic heterocycles. The lowest BCUT2D eigenvalue weighted by Gasteiger charge is -2.40. The molecule has 1 aliphatic rings. The summed E-state index contributed by atoms with van der Waals surface area (Å²) in [5, 5.41) is 12.2. The Bertz CT molecular complexity index is 382. The highest BCUT2D eigenvalue weighted by Gasteiger charge is 2.35. The summed E-state index contributed by atoms with van der Waals surface area (Å²) in [7, 11) is 0. The fourth-order valence-corrected chi connectivity index (χ4v) is 3.69. The first-order chi connectivity index (χ1) is 7.78. The van der Waals surface area contributed by atoms with Crippen LogP contribution < -0.4 is 5.32 Å². The van der Waals surface area contributed by atoms with Crippen LogP contribution in [0.5, 0.6) is 0 Å². The summed E-state index contributed by atoms with van der Waals surface area (Å²) in [4.78, 5) is 2.06. The standard InChI is InChI=1S/C12H16N2S2/c1-15-12(5-2-6-12)9-14-8-11-4-3-10(7-13)16-11/h3-4,14H,2,5-6,8-9H2,1H3. The van der Waals surface area contributed by atoms with Gasteiger partial charge in [-0.25, -0.2) is 0 Å². The number of nitriles is 1. The van der Waals surface area contributed by atoms with Crippen molar-refractivity contribution in [3.8, 4) is 6.07 Å². The SMILES string of the molecule is CSC1(CNCc2ccc(C#N)s2)CCC1. The molecule has 4 heteroatoms. The molecule has 1 fully saturated rings. The molecule has 16 heavy (non-hydrogen) atoms. The summed E-state index contributed by atoms with van der Waals surface area (Å²) in [5.41, 5.74) is 0. The lowest BCUT2D eigenvalue weighted by Crippen LogP contribution is -2.43. The summed E-state index contributed by atoms with van der Waals surface area (Å²) in [5.74, 6) is 0. The van der Waals surface area contributed by atoms with E-state index in [0.717, 1.165) is 18.0 Å². The van der Waals surface area contributed by atoms with Gasteiger partial charge in [-0.3, -0.25) is 0 Å². The van der Waals surface area contributed by atoms with Crippen LogP contribution in [0, 0.1) is 11.3 Å². The number of thioether (sulfide) groups is 1. The maximum atomic E-state index is 8.73. The molecule has 0 unspecified atom stereocenters. The van der Waals surface area contributed by atoms with Crippen molar-refractivity contribution < 1.29 is 0 Å². The van der Waals surface area contributed by atoms with Gasteiger partial charge in [-0.15, -0.1) is 11.3 Å². The number of hydrogen-bond acceptors (Lipinski definition) is 4. The molecule has 86 valence electrons. The molecule has 0 bridgehead atoms. The molecule has 0 aliphatic heterocycles. The van der Waals surface area contributed by atoms with Crippen LogP contribution in [0.15, 0.2) is 12.1 Å². The maximum absolute atomic E-state index is 8.73. The summed E-state index contributed by atoms with van der Waals surface area (Å²) >= 11 is 3.58.